The normalized spacial score (nSPS) is 17.5. The lowest BCUT2D eigenvalue weighted by molar-refractivity contribution is 0.0546. The standard InChI is InChI=1S/C16H22ClNO4/c1-6-10-9-18(15(19)22-16(2,3)4)12-7-11(17)13(20-5)8-14(12)21-10/h7-8,10H,6,9H2,1-5H3. The average Bonchev–Trinajstić information content (AvgIpc) is 2.43. The van der Waals surface area contributed by atoms with Crippen molar-refractivity contribution in [1.29, 1.82) is 0 Å². The van der Waals surface area contributed by atoms with Gasteiger partial charge in [0.1, 0.15) is 23.2 Å². The van der Waals surface area contributed by atoms with Gasteiger partial charge in [-0.1, -0.05) is 18.5 Å². The van der Waals surface area contributed by atoms with Crippen molar-refractivity contribution < 1.29 is 19.0 Å². The van der Waals surface area contributed by atoms with Gasteiger partial charge < -0.3 is 14.2 Å². The van der Waals surface area contributed by atoms with Gasteiger partial charge in [-0.05, 0) is 33.3 Å². The van der Waals surface area contributed by atoms with E-state index in [9.17, 15) is 4.79 Å². The second kappa shape index (κ2) is 6.24. The number of benzene rings is 1. The number of anilines is 1. The Kier molecular flexibility index (Phi) is 4.75. The Balaban J connectivity index is 2.40. The second-order valence-corrected chi connectivity index (χ2v) is 6.60. The molecule has 0 aromatic heterocycles. The summed E-state index contributed by atoms with van der Waals surface area (Å²) >= 11 is 6.18. The SMILES string of the molecule is CCC1CN(C(=O)OC(C)(C)C)c2cc(Cl)c(OC)cc2O1. The zero-order chi connectivity index (χ0) is 16.5. The minimum absolute atomic E-state index is 0.0918. The molecule has 0 spiro atoms. The first-order chi connectivity index (χ1) is 10.2. The number of hydrogen-bond acceptors (Lipinski definition) is 4. The van der Waals surface area contributed by atoms with E-state index in [1.807, 2.05) is 27.7 Å². The van der Waals surface area contributed by atoms with Crippen LogP contribution >= 0.6 is 11.6 Å². The maximum absolute atomic E-state index is 12.5. The van der Waals surface area contributed by atoms with Crippen LogP contribution in [-0.4, -0.2) is 31.5 Å². The molecular formula is C16H22ClNO4. The molecule has 0 saturated carbocycles. The molecule has 1 atom stereocenters. The number of nitrogens with zero attached hydrogens (tertiary/aromatic N) is 1. The summed E-state index contributed by atoms with van der Waals surface area (Å²) in [7, 11) is 1.54. The van der Waals surface area contributed by atoms with Gasteiger partial charge in [-0.3, -0.25) is 4.90 Å². The van der Waals surface area contributed by atoms with Crippen LogP contribution in [0.25, 0.3) is 0 Å². The number of methoxy groups -OCH3 is 1. The molecule has 6 heteroatoms. The lowest BCUT2D eigenvalue weighted by atomic mass is 10.1. The van der Waals surface area contributed by atoms with Crippen LogP contribution in [0.5, 0.6) is 11.5 Å². The third kappa shape index (κ3) is 3.58. The molecule has 0 bridgehead atoms. The summed E-state index contributed by atoms with van der Waals surface area (Å²) < 4.78 is 16.6. The molecule has 0 saturated heterocycles. The summed E-state index contributed by atoms with van der Waals surface area (Å²) in [5.74, 6) is 1.09. The first-order valence-corrected chi connectivity index (χ1v) is 7.67. The van der Waals surface area contributed by atoms with E-state index in [2.05, 4.69) is 0 Å². The van der Waals surface area contributed by atoms with Crippen molar-refractivity contribution in [2.45, 2.75) is 45.8 Å². The molecule has 122 valence electrons. The second-order valence-electron chi connectivity index (χ2n) is 6.19. The predicted octanol–water partition coefficient (Wildman–Crippen LogP) is 4.26. The molecule has 0 radical (unpaired) electrons. The van der Waals surface area contributed by atoms with Crippen LogP contribution in [0.2, 0.25) is 5.02 Å². The van der Waals surface area contributed by atoms with Crippen LogP contribution in [0.3, 0.4) is 0 Å². The van der Waals surface area contributed by atoms with Crippen molar-refractivity contribution in [2.75, 3.05) is 18.6 Å². The number of halogens is 1. The van der Waals surface area contributed by atoms with E-state index in [0.29, 0.717) is 28.8 Å². The quantitative estimate of drug-likeness (QED) is 0.814. The molecule has 1 aliphatic rings. The Morgan fingerprint density at radius 3 is 2.68 bits per heavy atom. The van der Waals surface area contributed by atoms with Gasteiger partial charge in [0.05, 0.1) is 24.4 Å². The fourth-order valence-electron chi connectivity index (χ4n) is 2.21. The van der Waals surface area contributed by atoms with Gasteiger partial charge in [0.15, 0.2) is 0 Å². The zero-order valence-corrected chi connectivity index (χ0v) is 14.4. The van der Waals surface area contributed by atoms with Crippen LogP contribution in [0.1, 0.15) is 34.1 Å². The topological polar surface area (TPSA) is 48.0 Å². The fourth-order valence-corrected chi connectivity index (χ4v) is 2.44. The van der Waals surface area contributed by atoms with Gasteiger partial charge in [-0.2, -0.15) is 0 Å². The monoisotopic (exact) mass is 327 g/mol. The van der Waals surface area contributed by atoms with E-state index in [4.69, 9.17) is 25.8 Å². The van der Waals surface area contributed by atoms with Crippen molar-refractivity contribution in [3.8, 4) is 11.5 Å². The van der Waals surface area contributed by atoms with Crippen LogP contribution in [0, 0.1) is 0 Å². The molecule has 1 aromatic rings. The van der Waals surface area contributed by atoms with E-state index in [1.165, 1.54) is 0 Å². The minimum Gasteiger partial charge on any atom is -0.495 e. The van der Waals surface area contributed by atoms with Crippen molar-refractivity contribution in [1.82, 2.24) is 0 Å². The van der Waals surface area contributed by atoms with Crippen molar-refractivity contribution >= 4 is 23.4 Å². The summed E-state index contributed by atoms with van der Waals surface area (Å²) in [6, 6.07) is 3.38. The predicted molar refractivity (Wildman–Crippen MR) is 86.3 cm³/mol. The molecule has 1 unspecified atom stereocenters. The minimum atomic E-state index is -0.562. The third-order valence-corrected chi connectivity index (χ3v) is 3.57. The fraction of sp³-hybridized carbons (Fsp3) is 0.562. The Labute approximate surface area is 136 Å². The van der Waals surface area contributed by atoms with Crippen LogP contribution in [0.15, 0.2) is 12.1 Å². The van der Waals surface area contributed by atoms with E-state index in [1.54, 1.807) is 24.1 Å². The molecule has 0 N–H and O–H groups in total. The third-order valence-electron chi connectivity index (χ3n) is 3.27. The number of hydrogen-bond donors (Lipinski definition) is 0. The maximum Gasteiger partial charge on any atom is 0.415 e. The van der Waals surface area contributed by atoms with Crippen LogP contribution in [-0.2, 0) is 4.74 Å². The summed E-state index contributed by atoms with van der Waals surface area (Å²) in [5.41, 5.74) is 0.0396. The van der Waals surface area contributed by atoms with Gasteiger partial charge in [0.2, 0.25) is 0 Å². The highest BCUT2D eigenvalue weighted by atomic mass is 35.5. The highest BCUT2D eigenvalue weighted by Gasteiger charge is 2.33. The molecule has 1 amide bonds. The number of fused-ring (bicyclic) bond motifs is 1. The highest BCUT2D eigenvalue weighted by molar-refractivity contribution is 6.32. The number of carbonyl (C=O) groups is 1. The summed E-state index contributed by atoms with van der Waals surface area (Å²) in [4.78, 5) is 14.1. The van der Waals surface area contributed by atoms with E-state index in [0.717, 1.165) is 6.42 Å². The summed E-state index contributed by atoms with van der Waals surface area (Å²) in [6.07, 6.45) is 0.284. The summed E-state index contributed by atoms with van der Waals surface area (Å²) in [6.45, 7) is 7.96. The lowest BCUT2D eigenvalue weighted by Gasteiger charge is -2.35. The number of ether oxygens (including phenoxy) is 3. The molecule has 1 heterocycles. The highest BCUT2D eigenvalue weighted by Crippen LogP contribution is 2.41. The van der Waals surface area contributed by atoms with Crippen LogP contribution < -0.4 is 14.4 Å². The molecule has 0 fully saturated rings. The smallest absolute Gasteiger partial charge is 0.415 e. The molecule has 1 aromatic carbocycles. The zero-order valence-electron chi connectivity index (χ0n) is 13.6. The maximum atomic E-state index is 12.5. The molecule has 5 nitrogen and oxygen atoms in total. The number of amides is 1. The largest absolute Gasteiger partial charge is 0.495 e. The van der Waals surface area contributed by atoms with E-state index < -0.39 is 11.7 Å². The number of carbonyl (C=O) groups excluding carboxylic acids is 1. The lowest BCUT2D eigenvalue weighted by Crippen LogP contribution is -2.45. The van der Waals surface area contributed by atoms with Gasteiger partial charge in [-0.15, -0.1) is 0 Å². The van der Waals surface area contributed by atoms with E-state index >= 15 is 0 Å². The number of rotatable bonds is 2. The van der Waals surface area contributed by atoms with Gasteiger partial charge in [0.25, 0.3) is 0 Å². The molecule has 0 aliphatic carbocycles. The van der Waals surface area contributed by atoms with Crippen molar-refractivity contribution in [2.24, 2.45) is 0 Å². The van der Waals surface area contributed by atoms with Gasteiger partial charge in [-0.25, -0.2) is 4.79 Å². The molecule has 22 heavy (non-hydrogen) atoms. The Morgan fingerprint density at radius 1 is 1.45 bits per heavy atom. The molecule has 2 rings (SSSR count). The Morgan fingerprint density at radius 2 is 2.14 bits per heavy atom. The van der Waals surface area contributed by atoms with Crippen molar-refractivity contribution in [3.05, 3.63) is 17.2 Å². The van der Waals surface area contributed by atoms with Crippen LogP contribution in [0.4, 0.5) is 10.5 Å². The van der Waals surface area contributed by atoms with Gasteiger partial charge >= 0.3 is 6.09 Å². The van der Waals surface area contributed by atoms with E-state index in [-0.39, 0.29) is 6.10 Å². The molecular weight excluding hydrogens is 306 g/mol. The Hall–Kier alpha value is -1.62. The average molecular weight is 328 g/mol. The Bertz CT molecular complexity index is 568. The van der Waals surface area contributed by atoms with Gasteiger partial charge in [0, 0.05) is 6.07 Å². The molecule has 1 aliphatic heterocycles. The van der Waals surface area contributed by atoms with Crippen molar-refractivity contribution in [3.63, 3.8) is 0 Å². The summed E-state index contributed by atoms with van der Waals surface area (Å²) in [5, 5.41) is 0.424. The first kappa shape index (κ1) is 16.7. The first-order valence-electron chi connectivity index (χ1n) is 7.30.